The molecule has 0 bridgehead atoms. The van der Waals surface area contributed by atoms with E-state index in [9.17, 15) is 4.79 Å². The van der Waals surface area contributed by atoms with Crippen LogP contribution in [-0.4, -0.2) is 33.0 Å². The van der Waals surface area contributed by atoms with Gasteiger partial charge in [0.15, 0.2) is 0 Å². The summed E-state index contributed by atoms with van der Waals surface area (Å²) in [5.74, 6) is -0.720. The number of carboxylic acid groups (broad SMARTS) is 1. The molecule has 3 heterocycles. The Balaban J connectivity index is 0.000000128. The summed E-state index contributed by atoms with van der Waals surface area (Å²) in [5.41, 5.74) is 1.14. The summed E-state index contributed by atoms with van der Waals surface area (Å²) in [4.78, 5) is 14.1. The van der Waals surface area contributed by atoms with Gasteiger partial charge in [0, 0.05) is 18.6 Å². The molecule has 5 heteroatoms. The van der Waals surface area contributed by atoms with Crippen LogP contribution in [0.25, 0.3) is 5.52 Å². The van der Waals surface area contributed by atoms with Gasteiger partial charge in [0.05, 0.1) is 11.7 Å². The van der Waals surface area contributed by atoms with E-state index >= 15 is 0 Å². The highest BCUT2D eigenvalue weighted by molar-refractivity contribution is 5.73. The first-order chi connectivity index (χ1) is 8.27. The third-order valence-electron chi connectivity index (χ3n) is 2.69. The average molecular weight is 233 g/mol. The Labute approximate surface area is 99.1 Å². The fourth-order valence-electron chi connectivity index (χ4n) is 1.78. The van der Waals surface area contributed by atoms with Gasteiger partial charge >= 0.3 is 5.97 Å². The van der Waals surface area contributed by atoms with Gasteiger partial charge in [0.2, 0.25) is 0 Å². The van der Waals surface area contributed by atoms with Crippen molar-refractivity contribution in [2.45, 2.75) is 18.9 Å². The summed E-state index contributed by atoms with van der Waals surface area (Å²) in [7, 11) is 0. The maximum Gasteiger partial charge on any atom is 0.320 e. The van der Waals surface area contributed by atoms with Gasteiger partial charge in [0.25, 0.3) is 0 Å². The third-order valence-corrected chi connectivity index (χ3v) is 2.69. The number of rotatable bonds is 1. The Kier molecular flexibility index (Phi) is 3.72. The van der Waals surface area contributed by atoms with Crippen LogP contribution in [0.15, 0.2) is 36.9 Å². The second-order valence-corrected chi connectivity index (χ2v) is 3.90. The quantitative estimate of drug-likeness (QED) is 0.775. The minimum atomic E-state index is -0.720. The largest absolute Gasteiger partial charge is 0.480 e. The topological polar surface area (TPSA) is 66.6 Å². The van der Waals surface area contributed by atoms with Crippen LogP contribution < -0.4 is 5.32 Å². The molecule has 0 aliphatic carbocycles. The van der Waals surface area contributed by atoms with E-state index in [0.29, 0.717) is 0 Å². The molecule has 0 aromatic carbocycles. The molecule has 5 nitrogen and oxygen atoms in total. The van der Waals surface area contributed by atoms with Crippen LogP contribution in [-0.2, 0) is 4.79 Å². The fraction of sp³-hybridized carbons (Fsp3) is 0.333. The lowest BCUT2D eigenvalue weighted by molar-refractivity contribution is -0.139. The number of nitrogens with one attached hydrogen (secondary N) is 1. The molecule has 2 N–H and O–H groups in total. The van der Waals surface area contributed by atoms with E-state index in [4.69, 9.17) is 5.11 Å². The maximum absolute atomic E-state index is 10.1. The highest BCUT2D eigenvalue weighted by Gasteiger charge is 2.20. The lowest BCUT2D eigenvalue weighted by Crippen LogP contribution is -2.29. The number of carboxylic acids is 1. The molecule has 0 amide bonds. The standard InChI is InChI=1S/C7H6N2.C5H9NO2/c1-2-7-6-8-3-5-9(7)4-1;7-5(8)4-2-1-3-6-4/h1-6H;4,6H,1-3H2,(H,7,8). The van der Waals surface area contributed by atoms with Crippen molar-refractivity contribution in [3.63, 3.8) is 0 Å². The summed E-state index contributed by atoms with van der Waals surface area (Å²) in [6, 6.07) is 3.75. The van der Waals surface area contributed by atoms with Crippen molar-refractivity contribution in [2.75, 3.05) is 6.54 Å². The second kappa shape index (κ2) is 5.45. The van der Waals surface area contributed by atoms with Gasteiger partial charge in [-0.05, 0) is 31.5 Å². The van der Waals surface area contributed by atoms with Crippen LogP contribution in [0.1, 0.15) is 12.8 Å². The average Bonchev–Trinajstić information content (AvgIpc) is 3.01. The molecule has 2 aromatic heterocycles. The van der Waals surface area contributed by atoms with Gasteiger partial charge in [0.1, 0.15) is 6.04 Å². The molecule has 1 aliphatic heterocycles. The Hall–Kier alpha value is -1.88. The molecule has 1 aliphatic rings. The number of hydrogen-bond donors (Lipinski definition) is 2. The van der Waals surface area contributed by atoms with Crippen molar-refractivity contribution in [1.29, 1.82) is 0 Å². The van der Waals surface area contributed by atoms with Crippen molar-refractivity contribution >= 4 is 11.5 Å². The van der Waals surface area contributed by atoms with Crippen LogP contribution in [0.5, 0.6) is 0 Å². The van der Waals surface area contributed by atoms with Gasteiger partial charge in [-0.2, -0.15) is 0 Å². The van der Waals surface area contributed by atoms with Crippen molar-refractivity contribution in [1.82, 2.24) is 14.7 Å². The normalized spacial score (nSPS) is 18.7. The zero-order valence-corrected chi connectivity index (χ0v) is 9.41. The molecule has 0 spiro atoms. The highest BCUT2D eigenvalue weighted by atomic mass is 16.4. The van der Waals surface area contributed by atoms with Crippen LogP contribution >= 0.6 is 0 Å². The summed E-state index contributed by atoms with van der Waals surface area (Å²) in [6.07, 6.45) is 9.31. The molecule has 1 fully saturated rings. The minimum Gasteiger partial charge on any atom is -0.480 e. The Morgan fingerprint density at radius 1 is 1.53 bits per heavy atom. The van der Waals surface area contributed by atoms with E-state index in [1.165, 1.54) is 0 Å². The predicted molar refractivity (Wildman–Crippen MR) is 63.9 cm³/mol. The lowest BCUT2D eigenvalue weighted by atomic mass is 10.2. The minimum absolute atomic E-state index is 0.269. The van der Waals surface area contributed by atoms with E-state index in [1.807, 2.05) is 35.1 Å². The predicted octanol–water partition coefficient (Wildman–Crippen LogP) is 1.16. The summed E-state index contributed by atoms with van der Waals surface area (Å²) < 4.78 is 2.02. The maximum atomic E-state index is 10.1. The zero-order chi connectivity index (χ0) is 12.1. The monoisotopic (exact) mass is 233 g/mol. The highest BCUT2D eigenvalue weighted by Crippen LogP contribution is 2.03. The van der Waals surface area contributed by atoms with Crippen LogP contribution in [0, 0.1) is 0 Å². The molecule has 3 rings (SSSR count). The molecule has 2 aromatic rings. The molecule has 1 saturated heterocycles. The SMILES string of the molecule is O=C(O)C1CCCN1.c1cc2cnccn2c1. The zero-order valence-electron chi connectivity index (χ0n) is 9.41. The van der Waals surface area contributed by atoms with E-state index in [1.54, 1.807) is 6.20 Å². The van der Waals surface area contributed by atoms with Crippen molar-refractivity contribution < 1.29 is 9.90 Å². The van der Waals surface area contributed by atoms with Crippen LogP contribution in [0.3, 0.4) is 0 Å². The van der Waals surface area contributed by atoms with E-state index < -0.39 is 5.97 Å². The molecular formula is C12H15N3O2. The molecule has 17 heavy (non-hydrogen) atoms. The summed E-state index contributed by atoms with van der Waals surface area (Å²) >= 11 is 0. The first-order valence-corrected chi connectivity index (χ1v) is 5.60. The number of nitrogens with zero attached hydrogens (tertiary/aromatic N) is 2. The second-order valence-electron chi connectivity index (χ2n) is 3.90. The van der Waals surface area contributed by atoms with E-state index in [0.717, 1.165) is 24.9 Å². The third kappa shape index (κ3) is 3.04. The van der Waals surface area contributed by atoms with Gasteiger partial charge < -0.3 is 14.8 Å². The van der Waals surface area contributed by atoms with Crippen molar-refractivity contribution in [2.24, 2.45) is 0 Å². The van der Waals surface area contributed by atoms with Crippen molar-refractivity contribution in [3.8, 4) is 0 Å². The summed E-state index contributed by atoms with van der Waals surface area (Å²) in [6.45, 7) is 0.858. The first kappa shape index (κ1) is 11.6. The van der Waals surface area contributed by atoms with E-state index in [2.05, 4.69) is 10.3 Å². The Bertz CT molecular complexity index is 459. The summed E-state index contributed by atoms with van der Waals surface area (Å²) in [5, 5.41) is 11.2. The van der Waals surface area contributed by atoms with Gasteiger partial charge in [-0.25, -0.2) is 0 Å². The molecule has 1 unspecified atom stereocenters. The Morgan fingerprint density at radius 3 is 3.00 bits per heavy atom. The molecule has 0 radical (unpaired) electrons. The molecular weight excluding hydrogens is 218 g/mol. The van der Waals surface area contributed by atoms with E-state index in [-0.39, 0.29) is 6.04 Å². The number of aromatic nitrogens is 2. The molecule has 1 atom stereocenters. The number of fused-ring (bicyclic) bond motifs is 1. The van der Waals surface area contributed by atoms with Gasteiger partial charge in [-0.1, -0.05) is 0 Å². The number of hydrogen-bond acceptors (Lipinski definition) is 3. The first-order valence-electron chi connectivity index (χ1n) is 5.60. The van der Waals surface area contributed by atoms with Gasteiger partial charge in [-0.3, -0.25) is 9.78 Å². The molecule has 90 valence electrons. The number of carbonyl (C=O) groups is 1. The number of aliphatic carboxylic acids is 1. The Morgan fingerprint density at radius 2 is 2.41 bits per heavy atom. The van der Waals surface area contributed by atoms with Crippen LogP contribution in [0.2, 0.25) is 0 Å². The van der Waals surface area contributed by atoms with Crippen molar-refractivity contribution in [3.05, 3.63) is 36.9 Å². The van der Waals surface area contributed by atoms with Crippen LogP contribution in [0.4, 0.5) is 0 Å². The lowest BCUT2D eigenvalue weighted by Gasteiger charge is -1.99. The van der Waals surface area contributed by atoms with Gasteiger partial charge in [-0.15, -0.1) is 0 Å². The fourth-order valence-corrected chi connectivity index (χ4v) is 1.78. The molecule has 0 saturated carbocycles. The smallest absolute Gasteiger partial charge is 0.320 e.